The Labute approximate surface area is 141 Å². The van der Waals surface area contributed by atoms with Gasteiger partial charge in [-0.15, -0.1) is 0 Å². The Hall–Kier alpha value is -2.25. The molecule has 2 N–H and O–H groups in total. The van der Waals surface area contributed by atoms with Gasteiger partial charge in [0.25, 0.3) is 0 Å². The maximum atomic E-state index is 11.5. The van der Waals surface area contributed by atoms with Gasteiger partial charge in [0.15, 0.2) is 0 Å². The molecule has 0 aromatic heterocycles. The number of primary sulfonamides is 1. The third-order valence-electron chi connectivity index (χ3n) is 4.07. The molecule has 1 aliphatic rings. The van der Waals surface area contributed by atoms with Crippen molar-refractivity contribution in [3.8, 4) is 11.5 Å². The fraction of sp³-hybridized carbons (Fsp3) is 0.294. The summed E-state index contributed by atoms with van der Waals surface area (Å²) >= 11 is 0. The number of ether oxygens (including phenoxy) is 2. The lowest BCUT2D eigenvalue weighted by Crippen LogP contribution is -2.26. The number of anilines is 1. The molecule has 1 aliphatic heterocycles. The minimum Gasteiger partial charge on any atom is -0.497 e. The second kappa shape index (κ2) is 6.70. The number of rotatable bonds is 6. The highest BCUT2D eigenvalue weighted by Gasteiger charge is 2.21. The van der Waals surface area contributed by atoms with Crippen molar-refractivity contribution in [1.82, 2.24) is 0 Å². The number of benzene rings is 2. The van der Waals surface area contributed by atoms with Crippen molar-refractivity contribution >= 4 is 15.7 Å². The standard InChI is InChI=1S/C17H20N2O4S/c1-22-14-3-5-15(6-4-14)23-11-10-19-9-8-13-2-7-16(12-17(13)19)24(18,20)21/h2-7,12H,8-11H2,1H3,(H2,18,20,21). The van der Waals surface area contributed by atoms with Crippen molar-refractivity contribution < 1.29 is 17.9 Å². The fourth-order valence-corrected chi connectivity index (χ4v) is 3.31. The van der Waals surface area contributed by atoms with Gasteiger partial charge in [-0.05, 0) is 48.4 Å². The Morgan fingerprint density at radius 1 is 1.12 bits per heavy atom. The molecule has 7 heteroatoms. The lowest BCUT2D eigenvalue weighted by atomic mass is 10.2. The molecule has 128 valence electrons. The quantitative estimate of drug-likeness (QED) is 0.860. The Balaban J connectivity index is 1.63. The van der Waals surface area contributed by atoms with Crippen LogP contribution in [0.2, 0.25) is 0 Å². The van der Waals surface area contributed by atoms with Crippen molar-refractivity contribution in [1.29, 1.82) is 0 Å². The summed E-state index contributed by atoms with van der Waals surface area (Å²) in [5, 5.41) is 5.21. The van der Waals surface area contributed by atoms with E-state index in [0.717, 1.165) is 35.7 Å². The fourth-order valence-electron chi connectivity index (χ4n) is 2.78. The van der Waals surface area contributed by atoms with Crippen LogP contribution in [0.5, 0.6) is 11.5 Å². The van der Waals surface area contributed by atoms with E-state index in [1.54, 1.807) is 19.2 Å². The molecule has 0 spiro atoms. The van der Waals surface area contributed by atoms with Crippen LogP contribution in [-0.4, -0.2) is 35.2 Å². The van der Waals surface area contributed by atoms with E-state index >= 15 is 0 Å². The first-order valence-corrected chi connectivity index (χ1v) is 9.19. The van der Waals surface area contributed by atoms with E-state index in [1.807, 2.05) is 30.3 Å². The molecule has 3 rings (SSSR count). The first kappa shape index (κ1) is 16.6. The van der Waals surface area contributed by atoms with Crippen LogP contribution in [0, 0.1) is 0 Å². The molecule has 0 atom stereocenters. The summed E-state index contributed by atoms with van der Waals surface area (Å²) in [4.78, 5) is 2.26. The maximum absolute atomic E-state index is 11.5. The lowest BCUT2D eigenvalue weighted by Gasteiger charge is -2.20. The van der Waals surface area contributed by atoms with Crippen LogP contribution in [0.15, 0.2) is 47.4 Å². The average molecular weight is 348 g/mol. The molecule has 0 radical (unpaired) electrons. The van der Waals surface area contributed by atoms with Crippen LogP contribution in [0.1, 0.15) is 5.56 Å². The van der Waals surface area contributed by atoms with Gasteiger partial charge < -0.3 is 14.4 Å². The van der Waals surface area contributed by atoms with E-state index in [-0.39, 0.29) is 4.90 Å². The summed E-state index contributed by atoms with van der Waals surface area (Å²) in [5.74, 6) is 1.56. The van der Waals surface area contributed by atoms with Crippen LogP contribution in [0.4, 0.5) is 5.69 Å². The topological polar surface area (TPSA) is 81.9 Å². The van der Waals surface area contributed by atoms with Gasteiger partial charge in [0.05, 0.1) is 18.6 Å². The van der Waals surface area contributed by atoms with Gasteiger partial charge in [-0.25, -0.2) is 13.6 Å². The molecule has 0 fully saturated rings. The molecular weight excluding hydrogens is 328 g/mol. The predicted octanol–water partition coefficient (Wildman–Crippen LogP) is 1.78. The Bertz CT molecular complexity index is 819. The molecule has 1 heterocycles. The number of nitrogens with two attached hydrogens (primary N) is 1. The molecule has 6 nitrogen and oxygen atoms in total. The minimum absolute atomic E-state index is 0.143. The van der Waals surface area contributed by atoms with E-state index in [2.05, 4.69) is 4.90 Å². The minimum atomic E-state index is -3.69. The van der Waals surface area contributed by atoms with Crippen molar-refractivity contribution in [3.63, 3.8) is 0 Å². The van der Waals surface area contributed by atoms with E-state index < -0.39 is 10.0 Å². The Morgan fingerprint density at radius 3 is 2.50 bits per heavy atom. The normalized spacial score (nSPS) is 13.7. The average Bonchev–Trinajstić information content (AvgIpc) is 2.97. The van der Waals surface area contributed by atoms with E-state index in [0.29, 0.717) is 13.2 Å². The molecular formula is C17H20N2O4S. The van der Waals surface area contributed by atoms with Gasteiger partial charge in [0.1, 0.15) is 18.1 Å². The largest absolute Gasteiger partial charge is 0.497 e. The van der Waals surface area contributed by atoms with Crippen molar-refractivity contribution in [2.75, 3.05) is 31.7 Å². The van der Waals surface area contributed by atoms with Crippen molar-refractivity contribution in [3.05, 3.63) is 48.0 Å². The highest BCUT2D eigenvalue weighted by atomic mass is 32.2. The highest BCUT2D eigenvalue weighted by Crippen LogP contribution is 2.30. The Morgan fingerprint density at radius 2 is 1.83 bits per heavy atom. The first-order chi connectivity index (χ1) is 11.5. The van der Waals surface area contributed by atoms with Crippen LogP contribution < -0.4 is 19.5 Å². The number of methoxy groups -OCH3 is 1. The van der Waals surface area contributed by atoms with Gasteiger partial charge in [-0.1, -0.05) is 6.07 Å². The zero-order valence-electron chi connectivity index (χ0n) is 13.4. The summed E-state index contributed by atoms with van der Waals surface area (Å²) in [5.41, 5.74) is 2.05. The summed E-state index contributed by atoms with van der Waals surface area (Å²) in [6.45, 7) is 2.02. The second-order valence-corrected chi connectivity index (χ2v) is 7.16. The van der Waals surface area contributed by atoms with Gasteiger partial charge in [-0.3, -0.25) is 0 Å². The number of sulfonamides is 1. The smallest absolute Gasteiger partial charge is 0.238 e. The van der Waals surface area contributed by atoms with Crippen LogP contribution in [0.3, 0.4) is 0 Å². The molecule has 0 unspecified atom stereocenters. The van der Waals surface area contributed by atoms with Gasteiger partial charge in [0, 0.05) is 12.2 Å². The number of hydrogen-bond acceptors (Lipinski definition) is 5. The monoisotopic (exact) mass is 348 g/mol. The molecule has 0 saturated carbocycles. The van der Waals surface area contributed by atoms with Gasteiger partial charge >= 0.3 is 0 Å². The van der Waals surface area contributed by atoms with Gasteiger partial charge in [-0.2, -0.15) is 0 Å². The third-order valence-corrected chi connectivity index (χ3v) is 4.98. The highest BCUT2D eigenvalue weighted by molar-refractivity contribution is 7.89. The summed E-state index contributed by atoms with van der Waals surface area (Å²) in [6.07, 6.45) is 0.892. The van der Waals surface area contributed by atoms with E-state index in [9.17, 15) is 8.42 Å². The number of nitrogens with zero attached hydrogens (tertiary/aromatic N) is 1. The Kier molecular flexibility index (Phi) is 4.64. The molecule has 0 amide bonds. The first-order valence-electron chi connectivity index (χ1n) is 7.65. The lowest BCUT2D eigenvalue weighted by molar-refractivity contribution is 0.323. The summed E-state index contributed by atoms with van der Waals surface area (Å²) in [6, 6.07) is 12.4. The molecule has 0 saturated heterocycles. The van der Waals surface area contributed by atoms with Crippen molar-refractivity contribution in [2.24, 2.45) is 5.14 Å². The summed E-state index contributed by atoms with van der Waals surface area (Å²) < 4.78 is 33.9. The molecule has 0 aliphatic carbocycles. The molecule has 2 aromatic carbocycles. The SMILES string of the molecule is COc1ccc(OCCN2CCc3ccc(S(N)(=O)=O)cc32)cc1. The van der Waals surface area contributed by atoms with Crippen molar-refractivity contribution in [2.45, 2.75) is 11.3 Å². The number of fused-ring (bicyclic) bond motifs is 1. The maximum Gasteiger partial charge on any atom is 0.238 e. The molecule has 0 bridgehead atoms. The zero-order valence-corrected chi connectivity index (χ0v) is 14.3. The molecule has 24 heavy (non-hydrogen) atoms. The van der Waals surface area contributed by atoms with Crippen LogP contribution in [-0.2, 0) is 16.4 Å². The van der Waals surface area contributed by atoms with E-state index in [1.165, 1.54) is 0 Å². The predicted molar refractivity (Wildman–Crippen MR) is 92.2 cm³/mol. The van der Waals surface area contributed by atoms with Gasteiger partial charge in [0.2, 0.25) is 10.0 Å². The van der Waals surface area contributed by atoms with Crippen LogP contribution >= 0.6 is 0 Å². The third kappa shape index (κ3) is 3.63. The second-order valence-electron chi connectivity index (χ2n) is 5.60. The zero-order chi connectivity index (χ0) is 17.2. The molecule has 2 aromatic rings. The number of hydrogen-bond donors (Lipinski definition) is 1. The van der Waals surface area contributed by atoms with Crippen LogP contribution in [0.25, 0.3) is 0 Å². The summed E-state index contributed by atoms with van der Waals surface area (Å²) in [7, 11) is -2.07. The van der Waals surface area contributed by atoms with E-state index in [4.69, 9.17) is 14.6 Å².